The molecule has 3 aromatic rings. The maximum absolute atomic E-state index is 10.7. The van der Waals surface area contributed by atoms with Crippen molar-refractivity contribution in [3.8, 4) is 11.3 Å². The maximum atomic E-state index is 10.7. The number of hydrogen-bond donors (Lipinski definition) is 1. The number of aliphatic hydroxyl groups is 1. The smallest absolute Gasteiger partial charge is 0.0796 e. The van der Waals surface area contributed by atoms with E-state index in [4.69, 9.17) is 4.98 Å². The van der Waals surface area contributed by atoms with Crippen molar-refractivity contribution in [2.24, 2.45) is 0 Å². The van der Waals surface area contributed by atoms with Crippen LogP contribution < -0.4 is 0 Å². The standard InChI is InChI=1S/C23H25NO/c1-3-5-6-15-22(25)19-12-8-9-13-20(19)23-17(4-2)16-18-11-7-10-14-21(18)24-23/h4,7-14,16,22,25H,2-3,5-6,15H2,1H3. The summed E-state index contributed by atoms with van der Waals surface area (Å²) in [5.41, 5.74) is 4.78. The molecule has 1 heterocycles. The van der Waals surface area contributed by atoms with Crippen molar-refractivity contribution in [1.29, 1.82) is 0 Å². The van der Waals surface area contributed by atoms with Crippen LogP contribution in [0.4, 0.5) is 0 Å². The summed E-state index contributed by atoms with van der Waals surface area (Å²) in [4.78, 5) is 4.87. The summed E-state index contributed by atoms with van der Waals surface area (Å²) in [6.45, 7) is 6.13. The van der Waals surface area contributed by atoms with Crippen LogP contribution in [0.15, 0.2) is 61.2 Å². The number of aromatic nitrogens is 1. The Morgan fingerprint density at radius 1 is 1.08 bits per heavy atom. The second-order valence-electron chi connectivity index (χ2n) is 6.42. The van der Waals surface area contributed by atoms with E-state index >= 15 is 0 Å². The number of fused-ring (bicyclic) bond motifs is 1. The zero-order valence-corrected chi connectivity index (χ0v) is 14.8. The number of para-hydroxylation sites is 1. The molecular formula is C23H25NO. The number of unbranched alkanes of at least 4 members (excludes halogenated alkanes) is 2. The van der Waals surface area contributed by atoms with E-state index < -0.39 is 6.10 Å². The molecule has 0 aliphatic rings. The fraction of sp³-hybridized carbons (Fsp3) is 0.261. The quantitative estimate of drug-likeness (QED) is 0.526. The predicted octanol–water partition coefficient (Wildman–Crippen LogP) is 6.16. The summed E-state index contributed by atoms with van der Waals surface area (Å²) >= 11 is 0. The molecular weight excluding hydrogens is 306 g/mol. The fourth-order valence-electron chi connectivity index (χ4n) is 3.25. The molecule has 25 heavy (non-hydrogen) atoms. The molecule has 0 aliphatic heterocycles. The van der Waals surface area contributed by atoms with Crippen molar-refractivity contribution in [3.05, 3.63) is 72.3 Å². The lowest BCUT2D eigenvalue weighted by molar-refractivity contribution is 0.164. The maximum Gasteiger partial charge on any atom is 0.0796 e. The second-order valence-corrected chi connectivity index (χ2v) is 6.42. The van der Waals surface area contributed by atoms with E-state index in [2.05, 4.69) is 25.6 Å². The van der Waals surface area contributed by atoms with E-state index in [1.807, 2.05) is 48.5 Å². The topological polar surface area (TPSA) is 33.1 Å². The number of benzene rings is 2. The molecule has 0 bridgehead atoms. The van der Waals surface area contributed by atoms with E-state index in [1.54, 1.807) is 0 Å². The highest BCUT2D eigenvalue weighted by atomic mass is 16.3. The second kappa shape index (κ2) is 8.09. The molecule has 0 radical (unpaired) electrons. The lowest BCUT2D eigenvalue weighted by Crippen LogP contribution is -2.02. The van der Waals surface area contributed by atoms with Crippen LogP contribution in [0.1, 0.15) is 49.8 Å². The summed E-state index contributed by atoms with van der Waals surface area (Å²) in [6, 6.07) is 18.2. The van der Waals surface area contributed by atoms with E-state index in [0.29, 0.717) is 0 Å². The van der Waals surface area contributed by atoms with Crippen LogP contribution in [0, 0.1) is 0 Å². The highest BCUT2D eigenvalue weighted by molar-refractivity contribution is 5.87. The van der Waals surface area contributed by atoms with Gasteiger partial charge in [-0.15, -0.1) is 0 Å². The third-order valence-corrected chi connectivity index (χ3v) is 4.63. The first kappa shape index (κ1) is 17.4. The van der Waals surface area contributed by atoms with Crippen molar-refractivity contribution in [1.82, 2.24) is 4.98 Å². The SMILES string of the molecule is C=Cc1cc2ccccc2nc1-c1ccccc1C(O)CCCCC. The van der Waals surface area contributed by atoms with Crippen LogP contribution in [0.2, 0.25) is 0 Å². The molecule has 0 spiro atoms. The Labute approximate surface area is 149 Å². The molecule has 2 heteroatoms. The van der Waals surface area contributed by atoms with E-state index in [9.17, 15) is 5.11 Å². The third-order valence-electron chi connectivity index (χ3n) is 4.63. The summed E-state index contributed by atoms with van der Waals surface area (Å²) in [5.74, 6) is 0. The van der Waals surface area contributed by atoms with Crippen LogP contribution in [-0.2, 0) is 0 Å². The highest BCUT2D eigenvalue weighted by Crippen LogP contribution is 2.33. The van der Waals surface area contributed by atoms with Gasteiger partial charge in [-0.1, -0.05) is 81.3 Å². The Hall–Kier alpha value is -2.45. The van der Waals surface area contributed by atoms with Crippen LogP contribution in [-0.4, -0.2) is 10.1 Å². The predicted molar refractivity (Wildman–Crippen MR) is 106 cm³/mol. The first-order valence-corrected chi connectivity index (χ1v) is 9.04. The van der Waals surface area contributed by atoms with Gasteiger partial charge in [0.15, 0.2) is 0 Å². The third kappa shape index (κ3) is 3.80. The molecule has 128 valence electrons. The molecule has 1 aromatic heterocycles. The average molecular weight is 331 g/mol. The van der Waals surface area contributed by atoms with Crippen LogP contribution in [0.5, 0.6) is 0 Å². The first-order chi connectivity index (χ1) is 12.2. The van der Waals surface area contributed by atoms with Crippen LogP contribution >= 0.6 is 0 Å². The summed E-state index contributed by atoms with van der Waals surface area (Å²) in [6.07, 6.45) is 5.49. The molecule has 3 rings (SSSR count). The number of hydrogen-bond acceptors (Lipinski definition) is 2. The van der Waals surface area contributed by atoms with Crippen LogP contribution in [0.3, 0.4) is 0 Å². The van der Waals surface area contributed by atoms with Gasteiger partial charge >= 0.3 is 0 Å². The van der Waals surface area contributed by atoms with Crippen LogP contribution in [0.25, 0.3) is 28.2 Å². The van der Waals surface area contributed by atoms with Gasteiger partial charge < -0.3 is 5.11 Å². The summed E-state index contributed by atoms with van der Waals surface area (Å²) in [5, 5.41) is 11.8. The van der Waals surface area contributed by atoms with Gasteiger partial charge in [0, 0.05) is 16.5 Å². The molecule has 0 saturated heterocycles. The number of aliphatic hydroxyl groups excluding tert-OH is 1. The molecule has 2 aromatic carbocycles. The van der Waals surface area contributed by atoms with Gasteiger partial charge in [-0.25, -0.2) is 4.98 Å². The Bertz CT molecular complexity index is 869. The zero-order chi connectivity index (χ0) is 17.6. The largest absolute Gasteiger partial charge is 0.388 e. The van der Waals surface area contributed by atoms with Crippen molar-refractivity contribution in [3.63, 3.8) is 0 Å². The van der Waals surface area contributed by atoms with Gasteiger partial charge in [-0.2, -0.15) is 0 Å². The number of nitrogens with zero attached hydrogens (tertiary/aromatic N) is 1. The number of pyridine rings is 1. The minimum atomic E-state index is -0.464. The van der Waals surface area contributed by atoms with Gasteiger partial charge in [0.2, 0.25) is 0 Å². The number of rotatable bonds is 7. The highest BCUT2D eigenvalue weighted by Gasteiger charge is 2.16. The van der Waals surface area contributed by atoms with Gasteiger partial charge in [-0.3, -0.25) is 0 Å². The zero-order valence-electron chi connectivity index (χ0n) is 14.8. The minimum absolute atomic E-state index is 0.464. The van der Waals surface area contributed by atoms with Crippen molar-refractivity contribution < 1.29 is 5.11 Å². The molecule has 1 unspecified atom stereocenters. The Morgan fingerprint density at radius 2 is 1.84 bits per heavy atom. The molecule has 0 saturated carbocycles. The lowest BCUT2D eigenvalue weighted by Gasteiger charge is -2.17. The summed E-state index contributed by atoms with van der Waals surface area (Å²) < 4.78 is 0. The van der Waals surface area contributed by atoms with E-state index in [-0.39, 0.29) is 0 Å². The molecule has 2 nitrogen and oxygen atoms in total. The Kier molecular flexibility index (Phi) is 5.62. The lowest BCUT2D eigenvalue weighted by atomic mass is 9.93. The fourth-order valence-corrected chi connectivity index (χ4v) is 3.25. The normalized spacial score (nSPS) is 12.2. The van der Waals surface area contributed by atoms with E-state index in [0.717, 1.165) is 59.0 Å². The van der Waals surface area contributed by atoms with Crippen molar-refractivity contribution in [2.75, 3.05) is 0 Å². The summed E-state index contributed by atoms with van der Waals surface area (Å²) in [7, 11) is 0. The first-order valence-electron chi connectivity index (χ1n) is 9.04. The average Bonchev–Trinajstić information content (AvgIpc) is 2.67. The van der Waals surface area contributed by atoms with Crippen molar-refractivity contribution >= 4 is 17.0 Å². The molecule has 1 atom stereocenters. The Morgan fingerprint density at radius 3 is 2.64 bits per heavy atom. The van der Waals surface area contributed by atoms with Crippen molar-refractivity contribution in [2.45, 2.75) is 38.7 Å². The monoisotopic (exact) mass is 331 g/mol. The van der Waals surface area contributed by atoms with Gasteiger partial charge in [0.25, 0.3) is 0 Å². The Balaban J connectivity index is 2.07. The van der Waals surface area contributed by atoms with Gasteiger partial charge in [0.1, 0.15) is 0 Å². The minimum Gasteiger partial charge on any atom is -0.388 e. The van der Waals surface area contributed by atoms with Gasteiger partial charge in [0.05, 0.1) is 17.3 Å². The molecule has 0 fully saturated rings. The molecule has 0 aliphatic carbocycles. The molecule has 0 amide bonds. The molecule has 1 N–H and O–H groups in total. The van der Waals surface area contributed by atoms with Gasteiger partial charge in [-0.05, 0) is 24.1 Å². The van der Waals surface area contributed by atoms with E-state index in [1.165, 1.54) is 0 Å².